The average Bonchev–Trinajstić information content (AvgIpc) is 2.27. The van der Waals surface area contributed by atoms with Crippen LogP contribution in [0.4, 0.5) is 0 Å². The molecule has 1 rings (SSSR count). The average molecular weight is 227 g/mol. The maximum atomic E-state index is 5.93. The summed E-state index contributed by atoms with van der Waals surface area (Å²) in [6, 6.07) is 8.66. The molecule has 0 aromatic heterocycles. The summed E-state index contributed by atoms with van der Waals surface area (Å²) < 4.78 is 5.07. The molecule has 15 heavy (non-hydrogen) atoms. The van der Waals surface area contributed by atoms with Crippen LogP contribution in [0.5, 0.6) is 0 Å². The lowest BCUT2D eigenvalue weighted by Crippen LogP contribution is -2.09. The fourth-order valence-electron chi connectivity index (χ4n) is 1.58. The highest BCUT2D eigenvalue weighted by molar-refractivity contribution is 6.18. The van der Waals surface area contributed by atoms with E-state index in [1.165, 1.54) is 11.1 Å². The molecule has 0 spiro atoms. The van der Waals surface area contributed by atoms with E-state index < -0.39 is 0 Å². The van der Waals surface area contributed by atoms with Crippen molar-refractivity contribution in [3.8, 4) is 0 Å². The van der Waals surface area contributed by atoms with Crippen LogP contribution in [0.2, 0.25) is 0 Å². The topological polar surface area (TPSA) is 9.23 Å². The maximum absolute atomic E-state index is 5.93. The normalized spacial score (nSPS) is 12.7. The summed E-state index contributed by atoms with van der Waals surface area (Å²) in [7, 11) is 1.73. The quantitative estimate of drug-likeness (QED) is 0.676. The third-order valence-electron chi connectivity index (χ3n) is 2.59. The van der Waals surface area contributed by atoms with Crippen molar-refractivity contribution in [2.24, 2.45) is 5.92 Å². The van der Waals surface area contributed by atoms with E-state index in [1.807, 2.05) is 0 Å². The molecule has 1 aromatic rings. The molecule has 0 saturated heterocycles. The molecular weight excluding hydrogens is 208 g/mol. The molecule has 84 valence electrons. The molecule has 0 amide bonds. The summed E-state index contributed by atoms with van der Waals surface area (Å²) in [6.07, 6.45) is 2.08. The van der Waals surface area contributed by atoms with Crippen LogP contribution in [0.25, 0.3) is 0 Å². The highest BCUT2D eigenvalue weighted by atomic mass is 35.5. The zero-order valence-electron chi connectivity index (χ0n) is 9.50. The highest BCUT2D eigenvalue weighted by Gasteiger charge is 2.07. The predicted molar refractivity (Wildman–Crippen MR) is 65.6 cm³/mol. The Balaban J connectivity index is 2.47. The van der Waals surface area contributed by atoms with E-state index in [1.54, 1.807) is 7.11 Å². The van der Waals surface area contributed by atoms with Crippen LogP contribution in [0, 0.1) is 12.8 Å². The van der Waals surface area contributed by atoms with Gasteiger partial charge in [-0.25, -0.2) is 0 Å². The van der Waals surface area contributed by atoms with E-state index in [9.17, 15) is 0 Å². The number of halogens is 1. The number of hydrogen-bond donors (Lipinski definition) is 0. The van der Waals surface area contributed by atoms with Crippen molar-refractivity contribution in [1.29, 1.82) is 0 Å². The van der Waals surface area contributed by atoms with Gasteiger partial charge in [0.25, 0.3) is 0 Å². The summed E-state index contributed by atoms with van der Waals surface area (Å²) in [4.78, 5) is 0. The van der Waals surface area contributed by atoms with E-state index in [2.05, 4.69) is 31.2 Å². The summed E-state index contributed by atoms with van der Waals surface area (Å²) in [6.45, 7) is 2.90. The fourth-order valence-corrected chi connectivity index (χ4v) is 1.84. The standard InChI is InChI=1S/C13H19ClO/c1-11-3-5-12(6-4-11)9-13(10-14)7-8-15-2/h3-6,13H,7-10H2,1-2H3. The van der Waals surface area contributed by atoms with Crippen LogP contribution >= 0.6 is 11.6 Å². The number of methoxy groups -OCH3 is 1. The molecule has 0 aliphatic rings. The van der Waals surface area contributed by atoms with Gasteiger partial charge in [0.05, 0.1) is 0 Å². The van der Waals surface area contributed by atoms with Crippen molar-refractivity contribution in [2.45, 2.75) is 19.8 Å². The largest absolute Gasteiger partial charge is 0.385 e. The van der Waals surface area contributed by atoms with Gasteiger partial charge in [0.15, 0.2) is 0 Å². The Morgan fingerprint density at radius 3 is 2.47 bits per heavy atom. The Bertz CT molecular complexity index is 268. The van der Waals surface area contributed by atoms with Crippen LogP contribution in [-0.2, 0) is 11.2 Å². The molecule has 0 heterocycles. The molecular formula is C13H19ClO. The SMILES string of the molecule is COCCC(CCl)Cc1ccc(C)cc1. The summed E-state index contributed by atoms with van der Waals surface area (Å²) in [5.74, 6) is 1.23. The maximum Gasteiger partial charge on any atom is 0.0465 e. The monoisotopic (exact) mass is 226 g/mol. The number of hydrogen-bond acceptors (Lipinski definition) is 1. The molecule has 0 bridgehead atoms. The lowest BCUT2D eigenvalue weighted by atomic mass is 9.98. The van der Waals surface area contributed by atoms with Crippen LogP contribution in [0.3, 0.4) is 0 Å². The van der Waals surface area contributed by atoms with Crippen molar-refractivity contribution in [1.82, 2.24) is 0 Å². The minimum atomic E-state index is 0.523. The predicted octanol–water partition coefficient (Wildman–Crippen LogP) is 3.43. The zero-order valence-corrected chi connectivity index (χ0v) is 10.3. The Morgan fingerprint density at radius 2 is 1.93 bits per heavy atom. The Morgan fingerprint density at radius 1 is 1.27 bits per heavy atom. The van der Waals surface area contributed by atoms with Crippen molar-refractivity contribution in [3.05, 3.63) is 35.4 Å². The van der Waals surface area contributed by atoms with Crippen LogP contribution in [0.15, 0.2) is 24.3 Å². The summed E-state index contributed by atoms with van der Waals surface area (Å²) in [5.41, 5.74) is 2.67. The van der Waals surface area contributed by atoms with E-state index in [4.69, 9.17) is 16.3 Å². The van der Waals surface area contributed by atoms with E-state index >= 15 is 0 Å². The second kappa shape index (κ2) is 6.86. The fraction of sp³-hybridized carbons (Fsp3) is 0.538. The Kier molecular flexibility index (Phi) is 5.74. The minimum absolute atomic E-state index is 0.523. The molecule has 0 N–H and O–H groups in total. The van der Waals surface area contributed by atoms with Crippen LogP contribution < -0.4 is 0 Å². The van der Waals surface area contributed by atoms with E-state index in [0.29, 0.717) is 11.8 Å². The van der Waals surface area contributed by atoms with Gasteiger partial charge in [0.1, 0.15) is 0 Å². The van der Waals surface area contributed by atoms with E-state index in [0.717, 1.165) is 19.4 Å². The second-order valence-electron chi connectivity index (χ2n) is 3.99. The van der Waals surface area contributed by atoms with E-state index in [-0.39, 0.29) is 0 Å². The zero-order chi connectivity index (χ0) is 11.1. The Hall–Kier alpha value is -0.530. The third-order valence-corrected chi connectivity index (χ3v) is 3.03. The van der Waals surface area contributed by atoms with Gasteiger partial charge in [0.2, 0.25) is 0 Å². The van der Waals surface area contributed by atoms with Crippen LogP contribution in [-0.4, -0.2) is 19.6 Å². The highest BCUT2D eigenvalue weighted by Crippen LogP contribution is 2.14. The summed E-state index contributed by atoms with van der Waals surface area (Å²) in [5, 5.41) is 0. The number of rotatable bonds is 6. The molecule has 0 radical (unpaired) electrons. The van der Waals surface area contributed by atoms with Crippen molar-refractivity contribution >= 4 is 11.6 Å². The third kappa shape index (κ3) is 4.67. The smallest absolute Gasteiger partial charge is 0.0465 e. The first kappa shape index (κ1) is 12.5. The summed E-state index contributed by atoms with van der Waals surface area (Å²) >= 11 is 5.93. The first-order valence-corrected chi connectivity index (χ1v) is 5.90. The molecule has 1 nitrogen and oxygen atoms in total. The van der Waals surface area contributed by atoms with Gasteiger partial charge in [-0.05, 0) is 31.2 Å². The van der Waals surface area contributed by atoms with Gasteiger partial charge in [0, 0.05) is 19.6 Å². The van der Waals surface area contributed by atoms with Crippen molar-refractivity contribution < 1.29 is 4.74 Å². The van der Waals surface area contributed by atoms with Gasteiger partial charge in [-0.3, -0.25) is 0 Å². The second-order valence-corrected chi connectivity index (χ2v) is 4.30. The number of alkyl halides is 1. The van der Waals surface area contributed by atoms with Crippen molar-refractivity contribution in [2.75, 3.05) is 19.6 Å². The molecule has 1 atom stereocenters. The van der Waals surface area contributed by atoms with Gasteiger partial charge >= 0.3 is 0 Å². The van der Waals surface area contributed by atoms with Gasteiger partial charge in [-0.2, -0.15) is 0 Å². The van der Waals surface area contributed by atoms with Crippen LogP contribution in [0.1, 0.15) is 17.5 Å². The lowest BCUT2D eigenvalue weighted by Gasteiger charge is -2.13. The minimum Gasteiger partial charge on any atom is -0.385 e. The van der Waals surface area contributed by atoms with Gasteiger partial charge < -0.3 is 4.74 Å². The molecule has 0 saturated carbocycles. The first-order valence-electron chi connectivity index (χ1n) is 5.36. The van der Waals surface area contributed by atoms with Gasteiger partial charge in [-0.1, -0.05) is 29.8 Å². The molecule has 1 unspecified atom stereocenters. The van der Waals surface area contributed by atoms with Gasteiger partial charge in [-0.15, -0.1) is 11.6 Å². The molecule has 2 heteroatoms. The molecule has 0 fully saturated rings. The lowest BCUT2D eigenvalue weighted by molar-refractivity contribution is 0.180. The molecule has 0 aliphatic heterocycles. The van der Waals surface area contributed by atoms with Crippen molar-refractivity contribution in [3.63, 3.8) is 0 Å². The molecule has 0 aliphatic carbocycles. The molecule has 1 aromatic carbocycles. The number of aryl methyl sites for hydroxylation is 1. The first-order chi connectivity index (χ1) is 7.26. The Labute approximate surface area is 97.4 Å². The number of benzene rings is 1. The number of ether oxygens (including phenoxy) is 1.